The Kier molecular flexibility index (Phi) is 5.59. The number of ether oxygens (including phenoxy) is 1. The van der Waals surface area contributed by atoms with E-state index in [1.54, 1.807) is 25.3 Å². The summed E-state index contributed by atoms with van der Waals surface area (Å²) in [6, 6.07) is 4.72. The van der Waals surface area contributed by atoms with E-state index in [9.17, 15) is 14.4 Å². The molecule has 0 aliphatic carbocycles. The van der Waals surface area contributed by atoms with Crippen LogP contribution >= 0.6 is 11.3 Å². The van der Waals surface area contributed by atoms with Crippen LogP contribution in [0.1, 0.15) is 22.3 Å². The number of carbonyl (C=O) groups excluding carboxylic acids is 3. The summed E-state index contributed by atoms with van der Waals surface area (Å²) in [5.41, 5.74) is 1.14. The number of hydrogen-bond donors (Lipinski definition) is 2. The fourth-order valence-electron chi connectivity index (χ4n) is 1.73. The topological polar surface area (TPSA) is 110 Å². The maximum Gasteiger partial charge on any atom is 0.351 e. The molecule has 0 unspecified atom stereocenters. The second kappa shape index (κ2) is 7.64. The van der Waals surface area contributed by atoms with Crippen molar-refractivity contribution in [3.05, 3.63) is 35.0 Å². The molecule has 9 heteroatoms. The second-order valence-corrected chi connectivity index (χ2v) is 5.76. The van der Waals surface area contributed by atoms with Crippen LogP contribution in [0.2, 0.25) is 0 Å². The van der Waals surface area contributed by atoms with Crippen LogP contribution in [0.15, 0.2) is 24.4 Å². The van der Waals surface area contributed by atoms with Gasteiger partial charge in [0.25, 0.3) is 5.91 Å². The molecule has 0 saturated heterocycles. The highest BCUT2D eigenvalue weighted by Gasteiger charge is 2.24. The van der Waals surface area contributed by atoms with Gasteiger partial charge in [0.05, 0.1) is 11.4 Å². The Hall–Kier alpha value is -2.81. The maximum absolute atomic E-state index is 12.2. The molecule has 0 saturated carbocycles. The fraction of sp³-hybridized carbons (Fsp3) is 0.267. The number of aryl methyl sites for hydroxylation is 1. The van der Waals surface area contributed by atoms with E-state index in [2.05, 4.69) is 15.3 Å². The van der Waals surface area contributed by atoms with Crippen LogP contribution in [0.4, 0.5) is 4.79 Å². The summed E-state index contributed by atoms with van der Waals surface area (Å²) in [5, 5.41) is 4.87. The third kappa shape index (κ3) is 4.13. The first kappa shape index (κ1) is 17.5. The lowest BCUT2D eigenvalue weighted by Gasteiger charge is -2.12. The lowest BCUT2D eigenvalue weighted by Crippen LogP contribution is -2.43. The van der Waals surface area contributed by atoms with Gasteiger partial charge in [-0.2, -0.15) is 0 Å². The molecule has 126 valence electrons. The van der Waals surface area contributed by atoms with Gasteiger partial charge in [-0.3, -0.25) is 15.1 Å². The molecular formula is C15H16N4O4S. The zero-order chi connectivity index (χ0) is 17.7. The molecule has 0 aliphatic rings. The highest BCUT2D eigenvalue weighted by molar-refractivity contribution is 7.17. The van der Waals surface area contributed by atoms with Crippen LogP contribution in [0, 0.1) is 6.92 Å². The van der Waals surface area contributed by atoms with Crippen LogP contribution in [0.3, 0.4) is 0 Å². The number of nitrogens with one attached hydrogen (secondary N) is 2. The largest absolute Gasteiger partial charge is 0.448 e. The van der Waals surface area contributed by atoms with E-state index in [1.165, 1.54) is 14.0 Å². The molecule has 0 aromatic carbocycles. The van der Waals surface area contributed by atoms with Crippen molar-refractivity contribution >= 4 is 29.2 Å². The molecule has 0 fully saturated rings. The van der Waals surface area contributed by atoms with E-state index in [4.69, 9.17) is 4.74 Å². The number of esters is 1. The molecule has 2 aromatic rings. The van der Waals surface area contributed by atoms with Gasteiger partial charge in [0.2, 0.25) is 0 Å². The van der Waals surface area contributed by atoms with Crippen molar-refractivity contribution in [3.63, 3.8) is 0 Å². The zero-order valence-electron chi connectivity index (χ0n) is 13.3. The summed E-state index contributed by atoms with van der Waals surface area (Å²) in [7, 11) is 1.37. The summed E-state index contributed by atoms with van der Waals surface area (Å²) in [6.07, 6.45) is 0.518. The molecule has 0 radical (unpaired) electrons. The van der Waals surface area contributed by atoms with Gasteiger partial charge in [0, 0.05) is 13.2 Å². The molecule has 8 nitrogen and oxygen atoms in total. The minimum Gasteiger partial charge on any atom is -0.448 e. The van der Waals surface area contributed by atoms with Crippen molar-refractivity contribution in [1.29, 1.82) is 0 Å². The molecule has 24 heavy (non-hydrogen) atoms. The number of carbonyl (C=O) groups is 3. The van der Waals surface area contributed by atoms with E-state index >= 15 is 0 Å². The highest BCUT2D eigenvalue weighted by Crippen LogP contribution is 2.27. The highest BCUT2D eigenvalue weighted by atomic mass is 32.1. The first-order valence-corrected chi connectivity index (χ1v) is 7.86. The Labute approximate surface area is 142 Å². The maximum atomic E-state index is 12.2. The van der Waals surface area contributed by atoms with Gasteiger partial charge in [0.15, 0.2) is 6.10 Å². The summed E-state index contributed by atoms with van der Waals surface area (Å²) in [5.74, 6) is -1.39. The Balaban J connectivity index is 2.09. The number of thiazole rings is 1. The van der Waals surface area contributed by atoms with Crippen molar-refractivity contribution in [1.82, 2.24) is 20.6 Å². The van der Waals surface area contributed by atoms with Crippen LogP contribution in [-0.4, -0.2) is 41.0 Å². The summed E-state index contributed by atoms with van der Waals surface area (Å²) < 4.78 is 5.09. The van der Waals surface area contributed by atoms with Gasteiger partial charge >= 0.3 is 12.0 Å². The van der Waals surface area contributed by atoms with Gasteiger partial charge in [-0.1, -0.05) is 6.07 Å². The summed E-state index contributed by atoms with van der Waals surface area (Å²) in [6.45, 7) is 3.06. The quantitative estimate of drug-likeness (QED) is 0.811. The molecule has 2 heterocycles. The normalized spacial score (nSPS) is 11.5. The minimum atomic E-state index is -1.12. The monoisotopic (exact) mass is 348 g/mol. The van der Waals surface area contributed by atoms with E-state index in [-0.39, 0.29) is 4.88 Å². The first-order valence-electron chi connectivity index (χ1n) is 7.04. The molecule has 0 bridgehead atoms. The van der Waals surface area contributed by atoms with Crippen molar-refractivity contribution in [2.75, 3.05) is 7.05 Å². The van der Waals surface area contributed by atoms with Crippen molar-refractivity contribution in [2.24, 2.45) is 0 Å². The van der Waals surface area contributed by atoms with Crippen LogP contribution in [0.5, 0.6) is 0 Å². The molecule has 2 aromatic heterocycles. The lowest BCUT2D eigenvalue weighted by molar-refractivity contribution is -0.127. The number of amides is 3. The number of aromatic nitrogens is 2. The number of urea groups is 1. The van der Waals surface area contributed by atoms with E-state index < -0.39 is 24.0 Å². The Morgan fingerprint density at radius 1 is 1.29 bits per heavy atom. The van der Waals surface area contributed by atoms with Gasteiger partial charge in [0.1, 0.15) is 9.88 Å². The first-order chi connectivity index (χ1) is 11.4. The zero-order valence-corrected chi connectivity index (χ0v) is 14.1. The molecular weight excluding hydrogens is 332 g/mol. The van der Waals surface area contributed by atoms with E-state index in [1.807, 2.05) is 11.4 Å². The second-order valence-electron chi connectivity index (χ2n) is 4.76. The minimum absolute atomic E-state index is 0.287. The molecule has 0 spiro atoms. The van der Waals surface area contributed by atoms with E-state index in [0.717, 1.165) is 11.3 Å². The van der Waals surface area contributed by atoms with Crippen LogP contribution in [-0.2, 0) is 9.53 Å². The lowest BCUT2D eigenvalue weighted by atomic mass is 10.3. The van der Waals surface area contributed by atoms with Gasteiger partial charge in [-0.15, -0.1) is 11.3 Å². The molecule has 2 N–H and O–H groups in total. The van der Waals surface area contributed by atoms with Crippen LogP contribution in [0.25, 0.3) is 10.7 Å². The Morgan fingerprint density at radius 3 is 2.67 bits per heavy atom. The standard InChI is InChI=1S/C15H16N4O4S/c1-8-11(24-13(18-8)10-6-4-5-7-17-10)14(21)23-9(2)12(20)19-15(22)16-3/h4-7,9H,1-3H3,(H2,16,19,20,22)/t9-/m1/s1. The third-order valence-corrected chi connectivity index (χ3v) is 4.14. The van der Waals surface area contributed by atoms with Crippen LogP contribution < -0.4 is 10.6 Å². The number of nitrogens with zero attached hydrogens (tertiary/aromatic N) is 2. The average molecular weight is 348 g/mol. The van der Waals surface area contributed by atoms with Crippen molar-refractivity contribution in [3.8, 4) is 10.7 Å². The predicted molar refractivity (Wildman–Crippen MR) is 87.6 cm³/mol. The average Bonchev–Trinajstić information content (AvgIpc) is 2.97. The molecule has 0 aliphatic heterocycles. The van der Waals surface area contributed by atoms with Crippen molar-refractivity contribution < 1.29 is 19.1 Å². The molecule has 3 amide bonds. The Morgan fingerprint density at radius 2 is 2.04 bits per heavy atom. The number of pyridine rings is 1. The smallest absolute Gasteiger partial charge is 0.351 e. The number of rotatable bonds is 4. The molecule has 1 atom stereocenters. The Bertz CT molecular complexity index is 760. The summed E-state index contributed by atoms with van der Waals surface area (Å²) >= 11 is 1.13. The number of hydrogen-bond acceptors (Lipinski definition) is 7. The third-order valence-electron chi connectivity index (χ3n) is 2.98. The SMILES string of the molecule is CNC(=O)NC(=O)[C@@H](C)OC(=O)c1sc(-c2ccccn2)nc1C. The van der Waals surface area contributed by atoms with Gasteiger partial charge in [-0.25, -0.2) is 14.6 Å². The summed E-state index contributed by atoms with van der Waals surface area (Å²) in [4.78, 5) is 43.8. The van der Waals surface area contributed by atoms with Gasteiger partial charge < -0.3 is 10.1 Å². The van der Waals surface area contributed by atoms with Crippen molar-refractivity contribution in [2.45, 2.75) is 20.0 Å². The predicted octanol–water partition coefficient (Wildman–Crippen LogP) is 1.51. The number of imide groups is 1. The van der Waals surface area contributed by atoms with E-state index in [0.29, 0.717) is 16.4 Å². The molecule has 2 rings (SSSR count). The van der Waals surface area contributed by atoms with Gasteiger partial charge in [-0.05, 0) is 26.0 Å². The fourth-order valence-corrected chi connectivity index (χ4v) is 2.65.